The van der Waals surface area contributed by atoms with Gasteiger partial charge in [-0.15, -0.1) is 0 Å². The van der Waals surface area contributed by atoms with Crippen LogP contribution in [-0.2, 0) is 0 Å². The molecule has 0 amide bonds. The molecule has 0 aliphatic carbocycles. The smallest absolute Gasteiger partial charge is 0.162 e. The van der Waals surface area contributed by atoms with Crippen molar-refractivity contribution in [3.63, 3.8) is 0 Å². The van der Waals surface area contributed by atoms with Gasteiger partial charge in [-0.3, -0.25) is 0 Å². The van der Waals surface area contributed by atoms with E-state index in [1.807, 2.05) is 26.8 Å². The number of rotatable bonds is 2. The molecule has 0 saturated heterocycles. The predicted molar refractivity (Wildman–Crippen MR) is 81.4 cm³/mol. The fraction of sp³-hybridized carbons (Fsp3) is 0.375. The largest absolute Gasteiger partial charge is 0.486 e. The Morgan fingerprint density at radius 1 is 1.05 bits per heavy atom. The summed E-state index contributed by atoms with van der Waals surface area (Å²) in [7, 11) is 0. The highest BCUT2D eigenvalue weighted by atomic mass is 35.5. The van der Waals surface area contributed by atoms with Gasteiger partial charge in [-0.05, 0) is 38.0 Å². The molecular weight excluding hydrogens is 290 g/mol. The molecule has 1 aromatic carbocycles. The Morgan fingerprint density at radius 2 is 1.67 bits per heavy atom. The Labute approximate surface area is 128 Å². The van der Waals surface area contributed by atoms with Crippen molar-refractivity contribution in [2.45, 2.75) is 26.8 Å². The topological polar surface area (TPSA) is 57.6 Å². The van der Waals surface area contributed by atoms with Gasteiger partial charge >= 0.3 is 0 Å². The Balaban J connectivity index is 2.07. The number of benzene rings is 1. The number of aryl methyl sites for hydroxylation is 2. The SMILES string of the molecule is Cc1oc(C)c(C(N)c2cc3c(cc2Cl)OCCO3)c1C. The van der Waals surface area contributed by atoms with E-state index in [4.69, 9.17) is 31.2 Å². The first-order valence-corrected chi connectivity index (χ1v) is 7.28. The zero-order chi connectivity index (χ0) is 15.1. The molecule has 1 unspecified atom stereocenters. The number of ether oxygens (including phenoxy) is 2. The molecule has 3 rings (SSSR count). The molecule has 4 nitrogen and oxygen atoms in total. The van der Waals surface area contributed by atoms with E-state index in [0.29, 0.717) is 29.7 Å². The van der Waals surface area contributed by atoms with Crippen molar-refractivity contribution >= 4 is 11.6 Å². The van der Waals surface area contributed by atoms with E-state index in [0.717, 1.165) is 28.2 Å². The maximum Gasteiger partial charge on any atom is 0.162 e. The second kappa shape index (κ2) is 5.28. The van der Waals surface area contributed by atoms with Gasteiger partial charge in [0.15, 0.2) is 11.5 Å². The zero-order valence-corrected chi connectivity index (χ0v) is 13.1. The molecule has 0 saturated carbocycles. The van der Waals surface area contributed by atoms with Crippen molar-refractivity contribution in [2.75, 3.05) is 13.2 Å². The normalized spacial score (nSPS) is 15.1. The van der Waals surface area contributed by atoms with Gasteiger partial charge in [-0.2, -0.15) is 0 Å². The standard InChI is InChI=1S/C16H18ClNO3/c1-8-9(2)21-10(3)15(8)16(18)11-6-13-14(7-12(11)17)20-5-4-19-13/h6-7,16H,4-5,18H2,1-3H3. The fourth-order valence-corrected chi connectivity index (χ4v) is 3.01. The van der Waals surface area contributed by atoms with Crippen LogP contribution >= 0.6 is 11.6 Å². The maximum absolute atomic E-state index is 6.42. The van der Waals surface area contributed by atoms with Crippen molar-refractivity contribution in [1.29, 1.82) is 0 Å². The van der Waals surface area contributed by atoms with Gasteiger partial charge in [0.05, 0.1) is 6.04 Å². The van der Waals surface area contributed by atoms with Gasteiger partial charge in [-0.25, -0.2) is 0 Å². The Kier molecular flexibility index (Phi) is 3.59. The number of nitrogens with two attached hydrogens (primary N) is 1. The number of halogens is 1. The van der Waals surface area contributed by atoms with Crippen molar-refractivity contribution in [3.8, 4) is 11.5 Å². The van der Waals surface area contributed by atoms with Gasteiger partial charge in [-0.1, -0.05) is 11.6 Å². The second-order valence-electron chi connectivity index (χ2n) is 5.25. The van der Waals surface area contributed by atoms with E-state index < -0.39 is 0 Å². The summed E-state index contributed by atoms with van der Waals surface area (Å²) < 4.78 is 16.8. The number of hydrogen-bond donors (Lipinski definition) is 1. The fourth-order valence-electron chi connectivity index (χ4n) is 2.74. The molecule has 0 bridgehead atoms. The molecule has 21 heavy (non-hydrogen) atoms. The van der Waals surface area contributed by atoms with Gasteiger partial charge in [0, 0.05) is 16.7 Å². The number of fused-ring (bicyclic) bond motifs is 1. The van der Waals surface area contributed by atoms with E-state index in [2.05, 4.69) is 0 Å². The minimum Gasteiger partial charge on any atom is -0.486 e. The van der Waals surface area contributed by atoms with Gasteiger partial charge in [0.2, 0.25) is 0 Å². The number of furan rings is 1. The summed E-state index contributed by atoms with van der Waals surface area (Å²) >= 11 is 6.37. The molecule has 1 aliphatic heterocycles. The average Bonchev–Trinajstić information content (AvgIpc) is 2.70. The third-order valence-corrected chi connectivity index (χ3v) is 4.25. The molecule has 2 aromatic rings. The van der Waals surface area contributed by atoms with Crippen LogP contribution in [-0.4, -0.2) is 13.2 Å². The van der Waals surface area contributed by atoms with Gasteiger partial charge in [0.1, 0.15) is 24.7 Å². The van der Waals surface area contributed by atoms with Crippen LogP contribution in [0.2, 0.25) is 5.02 Å². The van der Waals surface area contributed by atoms with Crippen LogP contribution in [0.4, 0.5) is 0 Å². The van der Waals surface area contributed by atoms with E-state index in [1.54, 1.807) is 6.07 Å². The lowest BCUT2D eigenvalue weighted by molar-refractivity contribution is 0.171. The van der Waals surface area contributed by atoms with E-state index in [1.165, 1.54) is 0 Å². The first kappa shape index (κ1) is 14.3. The summed E-state index contributed by atoms with van der Waals surface area (Å²) in [4.78, 5) is 0. The number of hydrogen-bond acceptors (Lipinski definition) is 4. The summed E-state index contributed by atoms with van der Waals surface area (Å²) in [5, 5.41) is 0.574. The summed E-state index contributed by atoms with van der Waals surface area (Å²) in [6.45, 7) is 6.93. The highest BCUT2D eigenvalue weighted by Crippen LogP contribution is 2.40. The zero-order valence-electron chi connectivity index (χ0n) is 12.3. The lowest BCUT2D eigenvalue weighted by atomic mass is 9.96. The minimum atomic E-state index is -0.356. The molecule has 0 radical (unpaired) electrons. The van der Waals surface area contributed by atoms with Crippen molar-refractivity contribution in [1.82, 2.24) is 0 Å². The van der Waals surface area contributed by atoms with Crippen molar-refractivity contribution in [3.05, 3.63) is 45.4 Å². The van der Waals surface area contributed by atoms with E-state index in [9.17, 15) is 0 Å². The van der Waals surface area contributed by atoms with Crippen LogP contribution in [0.3, 0.4) is 0 Å². The highest BCUT2D eigenvalue weighted by Gasteiger charge is 2.24. The molecule has 112 valence electrons. The average molecular weight is 308 g/mol. The summed E-state index contributed by atoms with van der Waals surface area (Å²) in [5.41, 5.74) is 9.28. The lowest BCUT2D eigenvalue weighted by Gasteiger charge is -2.22. The van der Waals surface area contributed by atoms with Crippen LogP contribution in [0.25, 0.3) is 0 Å². The lowest BCUT2D eigenvalue weighted by Crippen LogP contribution is -2.18. The molecule has 1 aliphatic rings. The van der Waals surface area contributed by atoms with Crippen LogP contribution in [0.1, 0.15) is 34.3 Å². The Bertz CT molecular complexity index is 693. The minimum absolute atomic E-state index is 0.356. The summed E-state index contributed by atoms with van der Waals surface area (Å²) in [6, 6.07) is 3.27. The van der Waals surface area contributed by atoms with Gasteiger partial charge < -0.3 is 19.6 Å². The molecule has 1 aromatic heterocycles. The molecule has 2 heterocycles. The molecular formula is C16H18ClNO3. The maximum atomic E-state index is 6.42. The third kappa shape index (κ3) is 2.39. The summed E-state index contributed by atoms with van der Waals surface area (Å²) in [5.74, 6) is 3.06. The van der Waals surface area contributed by atoms with Crippen LogP contribution < -0.4 is 15.2 Å². The van der Waals surface area contributed by atoms with Crippen LogP contribution in [0, 0.1) is 20.8 Å². The Morgan fingerprint density at radius 3 is 2.24 bits per heavy atom. The van der Waals surface area contributed by atoms with E-state index >= 15 is 0 Å². The molecule has 2 N–H and O–H groups in total. The van der Waals surface area contributed by atoms with Crippen LogP contribution in [0.5, 0.6) is 11.5 Å². The third-order valence-electron chi connectivity index (χ3n) is 3.93. The monoisotopic (exact) mass is 307 g/mol. The van der Waals surface area contributed by atoms with Crippen molar-refractivity contribution < 1.29 is 13.9 Å². The Hall–Kier alpha value is -1.65. The van der Waals surface area contributed by atoms with E-state index in [-0.39, 0.29) is 6.04 Å². The molecule has 0 fully saturated rings. The van der Waals surface area contributed by atoms with Crippen LogP contribution in [0.15, 0.2) is 16.5 Å². The summed E-state index contributed by atoms with van der Waals surface area (Å²) in [6.07, 6.45) is 0. The second-order valence-corrected chi connectivity index (χ2v) is 5.66. The predicted octanol–water partition coefficient (Wildman–Crippen LogP) is 3.68. The highest BCUT2D eigenvalue weighted by molar-refractivity contribution is 6.31. The quantitative estimate of drug-likeness (QED) is 0.919. The van der Waals surface area contributed by atoms with Gasteiger partial charge in [0.25, 0.3) is 0 Å². The van der Waals surface area contributed by atoms with Crippen molar-refractivity contribution in [2.24, 2.45) is 5.73 Å². The first-order chi connectivity index (χ1) is 9.99. The molecule has 1 atom stereocenters. The first-order valence-electron chi connectivity index (χ1n) is 6.90. The molecule has 5 heteroatoms. The molecule has 0 spiro atoms.